The zero-order valence-electron chi connectivity index (χ0n) is 11.0. The topological polar surface area (TPSA) is 64.1 Å². The Morgan fingerprint density at radius 2 is 2.25 bits per heavy atom. The van der Waals surface area contributed by atoms with Gasteiger partial charge in [0.25, 0.3) is 0 Å². The van der Waals surface area contributed by atoms with E-state index in [-0.39, 0.29) is 6.61 Å². The average molecular weight is 292 g/mol. The van der Waals surface area contributed by atoms with Crippen molar-refractivity contribution >= 4 is 22.5 Å². The van der Waals surface area contributed by atoms with Gasteiger partial charge in [0.15, 0.2) is 5.82 Å². The second kappa shape index (κ2) is 5.26. The van der Waals surface area contributed by atoms with E-state index < -0.39 is 0 Å². The molecule has 104 valence electrons. The Morgan fingerprint density at radius 1 is 1.40 bits per heavy atom. The molecule has 2 heterocycles. The second-order valence-corrected chi connectivity index (χ2v) is 5.00. The van der Waals surface area contributed by atoms with E-state index in [0.717, 1.165) is 22.9 Å². The summed E-state index contributed by atoms with van der Waals surface area (Å²) >= 11 is 6.05. The summed E-state index contributed by atoms with van der Waals surface area (Å²) in [5.41, 5.74) is 1.80. The summed E-state index contributed by atoms with van der Waals surface area (Å²) in [5.74, 6) is 1.24. The Morgan fingerprint density at radius 3 is 2.95 bits per heavy atom. The van der Waals surface area contributed by atoms with Crippen LogP contribution in [0.1, 0.15) is 24.2 Å². The van der Waals surface area contributed by atoms with Gasteiger partial charge in [-0.1, -0.05) is 29.7 Å². The molecule has 0 aliphatic rings. The van der Waals surface area contributed by atoms with Gasteiger partial charge in [0.2, 0.25) is 5.89 Å². The van der Waals surface area contributed by atoms with E-state index in [1.807, 2.05) is 35.9 Å². The molecule has 0 aliphatic carbocycles. The lowest BCUT2D eigenvalue weighted by atomic mass is 10.2. The number of benzene rings is 1. The highest BCUT2D eigenvalue weighted by Crippen LogP contribution is 2.25. The number of rotatable bonds is 4. The predicted molar refractivity (Wildman–Crippen MR) is 75.6 cm³/mol. The fraction of sp³-hybridized carbons (Fsp3) is 0.286. The van der Waals surface area contributed by atoms with Crippen molar-refractivity contribution in [1.29, 1.82) is 0 Å². The van der Waals surface area contributed by atoms with E-state index in [2.05, 4.69) is 10.1 Å². The van der Waals surface area contributed by atoms with Crippen LogP contribution in [-0.4, -0.2) is 19.8 Å². The quantitative estimate of drug-likeness (QED) is 0.803. The smallest absolute Gasteiger partial charge is 0.246 e. The monoisotopic (exact) mass is 291 g/mol. The number of aromatic nitrogens is 3. The molecule has 0 bridgehead atoms. The lowest BCUT2D eigenvalue weighted by Crippen LogP contribution is -1.98. The van der Waals surface area contributed by atoms with E-state index in [0.29, 0.717) is 23.3 Å². The lowest BCUT2D eigenvalue weighted by Gasteiger charge is -2.01. The predicted octanol–water partition coefficient (Wildman–Crippen LogP) is 2.78. The highest BCUT2D eigenvalue weighted by atomic mass is 35.5. The zero-order chi connectivity index (χ0) is 14.1. The fourth-order valence-electron chi connectivity index (χ4n) is 2.24. The highest BCUT2D eigenvalue weighted by Gasteiger charge is 2.11. The molecule has 1 aromatic carbocycles. The molecule has 3 aromatic rings. The Hall–Kier alpha value is -1.85. The summed E-state index contributed by atoms with van der Waals surface area (Å²) in [4.78, 5) is 4.29. The van der Waals surface area contributed by atoms with Gasteiger partial charge in [0, 0.05) is 28.6 Å². The van der Waals surface area contributed by atoms with Gasteiger partial charge in [-0.15, -0.1) is 0 Å². The van der Waals surface area contributed by atoms with Crippen molar-refractivity contribution in [1.82, 2.24) is 14.7 Å². The zero-order valence-corrected chi connectivity index (χ0v) is 11.8. The van der Waals surface area contributed by atoms with Gasteiger partial charge in [0.1, 0.15) is 6.54 Å². The van der Waals surface area contributed by atoms with Crippen molar-refractivity contribution in [3.8, 4) is 0 Å². The van der Waals surface area contributed by atoms with Gasteiger partial charge in [0.05, 0.1) is 12.1 Å². The third-order valence-electron chi connectivity index (χ3n) is 3.23. The van der Waals surface area contributed by atoms with Crippen LogP contribution in [-0.2, 0) is 19.6 Å². The normalized spacial score (nSPS) is 11.3. The molecule has 20 heavy (non-hydrogen) atoms. The van der Waals surface area contributed by atoms with E-state index in [1.165, 1.54) is 0 Å². The first-order valence-electron chi connectivity index (χ1n) is 6.41. The van der Waals surface area contributed by atoms with E-state index in [9.17, 15) is 5.11 Å². The van der Waals surface area contributed by atoms with Crippen LogP contribution in [0.25, 0.3) is 10.9 Å². The third kappa shape index (κ3) is 2.30. The van der Waals surface area contributed by atoms with Crippen molar-refractivity contribution < 1.29 is 9.63 Å². The van der Waals surface area contributed by atoms with Crippen molar-refractivity contribution in [2.75, 3.05) is 0 Å². The van der Waals surface area contributed by atoms with Crippen LogP contribution in [0.2, 0.25) is 5.02 Å². The molecular weight excluding hydrogens is 278 g/mol. The molecule has 0 unspecified atom stereocenters. The molecule has 0 spiro atoms. The largest absolute Gasteiger partial charge is 0.392 e. The molecule has 0 amide bonds. The van der Waals surface area contributed by atoms with Gasteiger partial charge in [-0.05, 0) is 12.1 Å². The molecule has 0 saturated heterocycles. The van der Waals surface area contributed by atoms with Gasteiger partial charge >= 0.3 is 0 Å². The van der Waals surface area contributed by atoms with Gasteiger partial charge in [-0.3, -0.25) is 0 Å². The average Bonchev–Trinajstić information content (AvgIpc) is 3.04. The summed E-state index contributed by atoms with van der Waals surface area (Å²) in [6.07, 6.45) is 2.63. The number of aliphatic hydroxyl groups excluding tert-OH is 1. The lowest BCUT2D eigenvalue weighted by molar-refractivity contribution is 0.283. The van der Waals surface area contributed by atoms with Crippen molar-refractivity contribution in [3.05, 3.63) is 46.7 Å². The van der Waals surface area contributed by atoms with Gasteiger partial charge in [-0.25, -0.2) is 0 Å². The second-order valence-electron chi connectivity index (χ2n) is 4.56. The maximum atomic E-state index is 9.43. The molecule has 0 saturated carbocycles. The Bertz CT molecular complexity index is 748. The molecule has 1 N–H and O–H groups in total. The molecule has 3 rings (SSSR count). The molecular formula is C14H14ClN3O2. The van der Waals surface area contributed by atoms with Crippen LogP contribution in [0, 0.1) is 0 Å². The third-order valence-corrected chi connectivity index (χ3v) is 3.46. The maximum Gasteiger partial charge on any atom is 0.246 e. The summed E-state index contributed by atoms with van der Waals surface area (Å²) < 4.78 is 7.16. The van der Waals surface area contributed by atoms with Crippen molar-refractivity contribution in [2.45, 2.75) is 26.5 Å². The van der Waals surface area contributed by atoms with Crippen LogP contribution in [0.5, 0.6) is 0 Å². The number of nitrogens with zero attached hydrogens (tertiary/aromatic N) is 3. The minimum absolute atomic E-state index is 0.0187. The molecule has 5 nitrogen and oxygen atoms in total. The SMILES string of the molecule is CCc1noc(Cn2cc(CO)c3ccc(Cl)cc32)n1. The first kappa shape index (κ1) is 13.1. The summed E-state index contributed by atoms with van der Waals surface area (Å²) in [5, 5.41) is 14.9. The van der Waals surface area contributed by atoms with Crippen LogP contribution < -0.4 is 0 Å². The Labute approximate surface area is 120 Å². The number of aliphatic hydroxyl groups is 1. The van der Waals surface area contributed by atoms with E-state index >= 15 is 0 Å². The Balaban J connectivity index is 2.04. The van der Waals surface area contributed by atoms with Crippen molar-refractivity contribution in [2.24, 2.45) is 0 Å². The van der Waals surface area contributed by atoms with E-state index in [1.54, 1.807) is 0 Å². The summed E-state index contributed by atoms with van der Waals surface area (Å²) in [6, 6.07) is 5.59. The highest BCUT2D eigenvalue weighted by molar-refractivity contribution is 6.31. The summed E-state index contributed by atoms with van der Waals surface area (Å²) in [6.45, 7) is 2.42. The van der Waals surface area contributed by atoms with Gasteiger partial charge < -0.3 is 14.2 Å². The first-order valence-corrected chi connectivity index (χ1v) is 6.78. The van der Waals surface area contributed by atoms with Crippen LogP contribution >= 0.6 is 11.6 Å². The minimum Gasteiger partial charge on any atom is -0.392 e. The Kier molecular flexibility index (Phi) is 3.46. The molecule has 0 fully saturated rings. The van der Waals surface area contributed by atoms with E-state index in [4.69, 9.17) is 16.1 Å². The number of fused-ring (bicyclic) bond motifs is 1. The fourth-order valence-corrected chi connectivity index (χ4v) is 2.41. The number of aryl methyl sites for hydroxylation is 1. The molecule has 0 atom stereocenters. The number of halogens is 1. The molecule has 2 aromatic heterocycles. The first-order chi connectivity index (χ1) is 9.71. The van der Waals surface area contributed by atoms with Gasteiger partial charge in [-0.2, -0.15) is 4.98 Å². The minimum atomic E-state index is -0.0187. The number of hydrogen-bond acceptors (Lipinski definition) is 4. The van der Waals surface area contributed by atoms with Crippen LogP contribution in [0.4, 0.5) is 0 Å². The molecule has 0 aliphatic heterocycles. The number of hydrogen-bond donors (Lipinski definition) is 1. The van der Waals surface area contributed by atoms with Crippen LogP contribution in [0.3, 0.4) is 0 Å². The van der Waals surface area contributed by atoms with Crippen molar-refractivity contribution in [3.63, 3.8) is 0 Å². The summed E-state index contributed by atoms with van der Waals surface area (Å²) in [7, 11) is 0. The maximum absolute atomic E-state index is 9.43. The molecule has 0 radical (unpaired) electrons. The van der Waals surface area contributed by atoms with Crippen LogP contribution in [0.15, 0.2) is 28.9 Å². The molecule has 6 heteroatoms. The standard InChI is InChI=1S/C14H14ClN3O2/c1-2-13-16-14(20-17-13)7-18-6-9(8-19)11-4-3-10(15)5-12(11)18/h3-6,19H,2,7-8H2,1H3.